The lowest BCUT2D eigenvalue weighted by Crippen LogP contribution is -2.43. The fourth-order valence-electron chi connectivity index (χ4n) is 2.74. The SMILES string of the molecule is CCCc1sc(C(=O)N2CCCC[C@@H]2CC)cc1Br. The second-order valence-corrected chi connectivity index (χ2v) is 7.18. The van der Waals surface area contributed by atoms with Crippen molar-refractivity contribution in [2.24, 2.45) is 0 Å². The fourth-order valence-corrected chi connectivity index (χ4v) is 4.67. The van der Waals surface area contributed by atoms with Crippen molar-refractivity contribution in [2.45, 2.75) is 58.4 Å². The van der Waals surface area contributed by atoms with Gasteiger partial charge in [-0.3, -0.25) is 4.79 Å². The number of piperidine rings is 1. The molecule has 0 N–H and O–H groups in total. The molecule has 0 aromatic carbocycles. The Balaban J connectivity index is 2.16. The summed E-state index contributed by atoms with van der Waals surface area (Å²) in [5, 5.41) is 0. The quantitative estimate of drug-likeness (QED) is 0.763. The third-order valence-electron chi connectivity index (χ3n) is 3.80. The number of aryl methyl sites for hydroxylation is 1. The number of amides is 1. The smallest absolute Gasteiger partial charge is 0.264 e. The maximum atomic E-state index is 12.7. The zero-order chi connectivity index (χ0) is 13.8. The van der Waals surface area contributed by atoms with Crippen molar-refractivity contribution in [3.63, 3.8) is 0 Å². The topological polar surface area (TPSA) is 20.3 Å². The first-order valence-corrected chi connectivity index (χ1v) is 8.87. The molecular formula is C15H22BrNOS. The molecule has 1 aliphatic rings. The van der Waals surface area contributed by atoms with Crippen molar-refractivity contribution in [1.29, 1.82) is 0 Å². The van der Waals surface area contributed by atoms with Crippen molar-refractivity contribution < 1.29 is 4.79 Å². The first-order chi connectivity index (χ1) is 9.17. The summed E-state index contributed by atoms with van der Waals surface area (Å²) in [6, 6.07) is 2.45. The molecule has 1 aromatic rings. The van der Waals surface area contributed by atoms with Gasteiger partial charge >= 0.3 is 0 Å². The Morgan fingerprint density at radius 2 is 2.26 bits per heavy atom. The number of rotatable bonds is 4. The molecular weight excluding hydrogens is 322 g/mol. The second kappa shape index (κ2) is 6.89. The molecule has 0 radical (unpaired) electrons. The third kappa shape index (κ3) is 3.40. The Bertz CT molecular complexity index is 443. The van der Waals surface area contributed by atoms with Crippen LogP contribution in [0.5, 0.6) is 0 Å². The lowest BCUT2D eigenvalue weighted by molar-refractivity contribution is 0.0613. The maximum absolute atomic E-state index is 12.7. The van der Waals surface area contributed by atoms with Crippen LogP contribution in [0.1, 0.15) is 60.5 Å². The van der Waals surface area contributed by atoms with E-state index in [0.29, 0.717) is 6.04 Å². The van der Waals surface area contributed by atoms with Crippen LogP contribution in [0, 0.1) is 0 Å². The summed E-state index contributed by atoms with van der Waals surface area (Å²) < 4.78 is 1.10. The second-order valence-electron chi connectivity index (χ2n) is 5.19. The molecule has 1 aromatic heterocycles. The summed E-state index contributed by atoms with van der Waals surface area (Å²) in [4.78, 5) is 16.9. The van der Waals surface area contributed by atoms with Crippen molar-refractivity contribution in [3.8, 4) is 0 Å². The van der Waals surface area contributed by atoms with E-state index in [1.54, 1.807) is 11.3 Å². The minimum atomic E-state index is 0.236. The predicted octanol–water partition coefficient (Wildman–Crippen LogP) is 4.87. The molecule has 19 heavy (non-hydrogen) atoms. The first kappa shape index (κ1) is 15.0. The van der Waals surface area contributed by atoms with Crippen LogP contribution < -0.4 is 0 Å². The molecule has 2 heterocycles. The highest BCUT2D eigenvalue weighted by Gasteiger charge is 2.27. The molecule has 0 bridgehead atoms. The van der Waals surface area contributed by atoms with Gasteiger partial charge in [0.1, 0.15) is 0 Å². The fraction of sp³-hybridized carbons (Fsp3) is 0.667. The predicted molar refractivity (Wildman–Crippen MR) is 85.0 cm³/mol. The average molecular weight is 344 g/mol. The summed E-state index contributed by atoms with van der Waals surface area (Å²) in [5.41, 5.74) is 0. The number of hydrogen-bond donors (Lipinski definition) is 0. The van der Waals surface area contributed by atoms with E-state index in [-0.39, 0.29) is 5.91 Å². The van der Waals surface area contributed by atoms with Gasteiger partial charge in [-0.1, -0.05) is 20.3 Å². The molecule has 1 saturated heterocycles. The summed E-state index contributed by atoms with van der Waals surface area (Å²) in [6.07, 6.45) is 6.81. The van der Waals surface area contributed by atoms with Gasteiger partial charge in [0.05, 0.1) is 4.88 Å². The summed E-state index contributed by atoms with van der Waals surface area (Å²) in [7, 11) is 0. The summed E-state index contributed by atoms with van der Waals surface area (Å²) in [5.74, 6) is 0.236. The number of nitrogens with zero attached hydrogens (tertiary/aromatic N) is 1. The van der Waals surface area contributed by atoms with Gasteiger partial charge in [-0.2, -0.15) is 0 Å². The monoisotopic (exact) mass is 343 g/mol. The maximum Gasteiger partial charge on any atom is 0.264 e. The van der Waals surface area contributed by atoms with E-state index in [2.05, 4.69) is 34.7 Å². The van der Waals surface area contributed by atoms with E-state index in [1.807, 2.05) is 6.07 Å². The first-order valence-electron chi connectivity index (χ1n) is 7.26. The van der Waals surface area contributed by atoms with Gasteiger partial charge in [-0.25, -0.2) is 0 Å². The molecule has 0 aliphatic carbocycles. The van der Waals surface area contributed by atoms with Crippen LogP contribution in [-0.4, -0.2) is 23.4 Å². The van der Waals surface area contributed by atoms with Gasteiger partial charge in [0.15, 0.2) is 0 Å². The van der Waals surface area contributed by atoms with Crippen molar-refractivity contribution in [3.05, 3.63) is 20.3 Å². The van der Waals surface area contributed by atoms with Crippen LogP contribution in [-0.2, 0) is 6.42 Å². The molecule has 1 amide bonds. The van der Waals surface area contributed by atoms with Crippen molar-refractivity contribution in [2.75, 3.05) is 6.54 Å². The largest absolute Gasteiger partial charge is 0.335 e. The van der Waals surface area contributed by atoms with Crippen molar-refractivity contribution in [1.82, 2.24) is 4.90 Å². The highest BCUT2D eigenvalue weighted by Crippen LogP contribution is 2.31. The van der Waals surface area contributed by atoms with E-state index < -0.39 is 0 Å². The molecule has 4 heteroatoms. The van der Waals surface area contributed by atoms with Crippen LogP contribution in [0.25, 0.3) is 0 Å². The van der Waals surface area contributed by atoms with E-state index >= 15 is 0 Å². The molecule has 0 saturated carbocycles. The van der Waals surface area contributed by atoms with Gasteiger partial charge in [0.2, 0.25) is 0 Å². The molecule has 1 aliphatic heterocycles. The zero-order valence-electron chi connectivity index (χ0n) is 11.7. The molecule has 106 valence electrons. The number of likely N-dealkylation sites (tertiary alicyclic amines) is 1. The zero-order valence-corrected chi connectivity index (χ0v) is 14.1. The Hall–Kier alpha value is -0.350. The number of thiophene rings is 1. The number of carbonyl (C=O) groups is 1. The van der Waals surface area contributed by atoms with E-state index in [9.17, 15) is 4.79 Å². The minimum absolute atomic E-state index is 0.236. The highest BCUT2D eigenvalue weighted by atomic mass is 79.9. The van der Waals surface area contributed by atoms with E-state index in [4.69, 9.17) is 0 Å². The van der Waals surface area contributed by atoms with Gasteiger partial charge in [0.25, 0.3) is 5.91 Å². The van der Waals surface area contributed by atoms with Crippen molar-refractivity contribution >= 4 is 33.2 Å². The van der Waals surface area contributed by atoms with Gasteiger partial charge < -0.3 is 4.90 Å². The minimum Gasteiger partial charge on any atom is -0.335 e. The Kier molecular flexibility index (Phi) is 5.46. The average Bonchev–Trinajstić information content (AvgIpc) is 2.80. The van der Waals surface area contributed by atoms with Gasteiger partial charge in [-0.15, -0.1) is 11.3 Å². The number of carbonyl (C=O) groups excluding carboxylic acids is 1. The Labute approximate surface area is 128 Å². The molecule has 1 fully saturated rings. The third-order valence-corrected chi connectivity index (χ3v) is 5.96. The summed E-state index contributed by atoms with van der Waals surface area (Å²) >= 11 is 5.24. The lowest BCUT2D eigenvalue weighted by atomic mass is 10.00. The Morgan fingerprint density at radius 1 is 1.47 bits per heavy atom. The van der Waals surface area contributed by atoms with Crippen LogP contribution >= 0.6 is 27.3 Å². The molecule has 2 nitrogen and oxygen atoms in total. The molecule has 0 unspecified atom stereocenters. The van der Waals surface area contributed by atoms with E-state index in [0.717, 1.165) is 48.0 Å². The molecule has 0 spiro atoms. The summed E-state index contributed by atoms with van der Waals surface area (Å²) in [6.45, 7) is 5.28. The van der Waals surface area contributed by atoms with E-state index in [1.165, 1.54) is 11.3 Å². The van der Waals surface area contributed by atoms with Crippen LogP contribution in [0.2, 0.25) is 0 Å². The standard InChI is InChI=1S/C15H22BrNOS/c1-3-7-13-12(16)10-14(19-13)15(18)17-9-6-5-8-11(17)4-2/h10-11H,3-9H2,1-2H3/t11-/m0/s1. The van der Waals surface area contributed by atoms with Crippen LogP contribution in [0.4, 0.5) is 0 Å². The lowest BCUT2D eigenvalue weighted by Gasteiger charge is -2.35. The number of hydrogen-bond acceptors (Lipinski definition) is 2. The Morgan fingerprint density at radius 3 is 2.95 bits per heavy atom. The van der Waals surface area contributed by atoms with Gasteiger partial charge in [-0.05, 0) is 54.1 Å². The normalized spacial score (nSPS) is 19.7. The van der Waals surface area contributed by atoms with Crippen LogP contribution in [0.3, 0.4) is 0 Å². The highest BCUT2D eigenvalue weighted by molar-refractivity contribution is 9.10. The molecule has 1 atom stereocenters. The molecule has 2 rings (SSSR count). The van der Waals surface area contributed by atoms with Gasteiger partial charge in [0, 0.05) is 21.9 Å². The van der Waals surface area contributed by atoms with Crippen LogP contribution in [0.15, 0.2) is 10.5 Å². The number of halogens is 1.